The Balaban J connectivity index is 2.99. The van der Waals surface area contributed by atoms with E-state index in [4.69, 9.17) is 5.11 Å². The molecule has 0 aliphatic heterocycles. The van der Waals surface area contributed by atoms with Crippen LogP contribution in [0.1, 0.15) is 13.3 Å². The molecular weight excluding hydrogens is 309 g/mol. The molecule has 1 aromatic heterocycles. The minimum Gasteiger partial charge on any atom is -0.395 e. The van der Waals surface area contributed by atoms with Crippen molar-refractivity contribution in [3.63, 3.8) is 0 Å². The monoisotopic (exact) mass is 323 g/mol. The molecular formula is C9H14IN3O2. The number of hydrogen-bond donors (Lipinski definition) is 2. The van der Waals surface area contributed by atoms with Crippen LogP contribution in [0, 0.1) is 3.57 Å². The molecule has 2 N–H and O–H groups in total. The van der Waals surface area contributed by atoms with Crippen molar-refractivity contribution in [1.29, 1.82) is 0 Å². The minimum absolute atomic E-state index is 0.0601. The van der Waals surface area contributed by atoms with E-state index in [2.05, 4.69) is 9.97 Å². The number of nitrogens with zero attached hydrogens (tertiary/aromatic N) is 2. The summed E-state index contributed by atoms with van der Waals surface area (Å²) in [5.41, 5.74) is -0.139. The number of H-pyrrole nitrogens is 1. The molecule has 0 spiro atoms. The lowest BCUT2D eigenvalue weighted by molar-refractivity contribution is 0.301. The van der Waals surface area contributed by atoms with Gasteiger partial charge in [0.25, 0.3) is 5.56 Å². The predicted molar refractivity (Wildman–Crippen MR) is 67.2 cm³/mol. The summed E-state index contributed by atoms with van der Waals surface area (Å²) in [6, 6.07) is 0. The van der Waals surface area contributed by atoms with Gasteiger partial charge in [-0.2, -0.15) is 0 Å². The summed E-state index contributed by atoms with van der Waals surface area (Å²) in [5, 5.41) is 8.93. The Hall–Kier alpha value is -0.630. The maximum Gasteiger partial charge on any atom is 0.266 e. The third-order valence-electron chi connectivity index (χ3n) is 1.94. The van der Waals surface area contributed by atoms with E-state index in [0.717, 1.165) is 13.0 Å². The highest BCUT2D eigenvalue weighted by Gasteiger charge is 2.12. The highest BCUT2D eigenvalue weighted by molar-refractivity contribution is 14.1. The van der Waals surface area contributed by atoms with Crippen molar-refractivity contribution in [2.24, 2.45) is 0 Å². The molecule has 5 nitrogen and oxygen atoms in total. The van der Waals surface area contributed by atoms with E-state index in [1.807, 2.05) is 34.4 Å². The number of nitrogens with one attached hydrogen (secondary N) is 1. The van der Waals surface area contributed by atoms with E-state index in [-0.39, 0.29) is 12.2 Å². The van der Waals surface area contributed by atoms with Crippen molar-refractivity contribution >= 4 is 28.4 Å². The Morgan fingerprint density at radius 3 is 2.93 bits per heavy atom. The van der Waals surface area contributed by atoms with Gasteiger partial charge < -0.3 is 15.0 Å². The average Bonchev–Trinajstić information content (AvgIpc) is 2.22. The Kier molecular flexibility index (Phi) is 5.03. The number of aliphatic hydroxyl groups excluding tert-OH is 1. The zero-order chi connectivity index (χ0) is 11.3. The standard InChI is InChI=1S/C9H14IN3O2/c1-2-3-13(4-5-14)8-7(10)9(15)12-6-11-8/h6,14H,2-5H2,1H3,(H,11,12,15). The van der Waals surface area contributed by atoms with Crippen LogP contribution < -0.4 is 10.5 Å². The number of hydrogen-bond acceptors (Lipinski definition) is 4. The fraction of sp³-hybridized carbons (Fsp3) is 0.556. The first-order valence-electron chi connectivity index (χ1n) is 4.79. The summed E-state index contributed by atoms with van der Waals surface area (Å²) >= 11 is 1.97. The van der Waals surface area contributed by atoms with Crippen LogP contribution in [-0.4, -0.2) is 34.8 Å². The van der Waals surface area contributed by atoms with Crippen LogP contribution in [-0.2, 0) is 0 Å². The van der Waals surface area contributed by atoms with Gasteiger partial charge in [-0.25, -0.2) is 4.98 Å². The molecule has 1 aromatic rings. The van der Waals surface area contributed by atoms with Gasteiger partial charge >= 0.3 is 0 Å². The van der Waals surface area contributed by atoms with E-state index >= 15 is 0 Å². The van der Waals surface area contributed by atoms with Gasteiger partial charge in [0, 0.05) is 13.1 Å². The molecule has 84 valence electrons. The Labute approximate surface area is 102 Å². The third kappa shape index (κ3) is 3.16. The zero-order valence-electron chi connectivity index (χ0n) is 8.53. The number of aromatic nitrogens is 2. The lowest BCUT2D eigenvalue weighted by atomic mass is 10.4. The van der Waals surface area contributed by atoms with Crippen LogP contribution in [0.15, 0.2) is 11.1 Å². The van der Waals surface area contributed by atoms with Gasteiger partial charge in [-0.1, -0.05) is 6.92 Å². The second kappa shape index (κ2) is 6.06. The third-order valence-corrected chi connectivity index (χ3v) is 2.91. The van der Waals surface area contributed by atoms with Crippen molar-refractivity contribution in [3.05, 3.63) is 20.3 Å². The van der Waals surface area contributed by atoms with Gasteiger partial charge in [0.05, 0.1) is 12.9 Å². The van der Waals surface area contributed by atoms with Gasteiger partial charge in [0.2, 0.25) is 0 Å². The van der Waals surface area contributed by atoms with E-state index in [1.54, 1.807) is 0 Å². The Morgan fingerprint density at radius 1 is 1.60 bits per heavy atom. The van der Waals surface area contributed by atoms with Gasteiger partial charge in [-0.3, -0.25) is 4.79 Å². The maximum absolute atomic E-state index is 11.4. The predicted octanol–water partition coefficient (Wildman–Crippen LogP) is 0.583. The van der Waals surface area contributed by atoms with Crippen LogP contribution >= 0.6 is 22.6 Å². The first kappa shape index (κ1) is 12.4. The molecule has 15 heavy (non-hydrogen) atoms. The minimum atomic E-state index is -0.139. The molecule has 0 saturated heterocycles. The van der Waals surface area contributed by atoms with Crippen LogP contribution in [0.25, 0.3) is 0 Å². The number of aliphatic hydroxyl groups is 1. The quantitative estimate of drug-likeness (QED) is 0.778. The van der Waals surface area contributed by atoms with Gasteiger partial charge in [0.1, 0.15) is 9.39 Å². The Bertz CT molecular complexity index is 361. The van der Waals surface area contributed by atoms with Crippen molar-refractivity contribution in [2.45, 2.75) is 13.3 Å². The molecule has 1 heterocycles. The second-order valence-electron chi connectivity index (χ2n) is 3.08. The molecule has 0 aliphatic carbocycles. The van der Waals surface area contributed by atoms with Gasteiger partial charge in [-0.15, -0.1) is 0 Å². The van der Waals surface area contributed by atoms with Crippen LogP contribution in [0.4, 0.5) is 5.82 Å². The molecule has 0 fully saturated rings. The van der Waals surface area contributed by atoms with E-state index in [1.165, 1.54) is 6.33 Å². The maximum atomic E-state index is 11.4. The number of rotatable bonds is 5. The summed E-state index contributed by atoms with van der Waals surface area (Å²) < 4.78 is 0.567. The molecule has 0 unspecified atom stereocenters. The number of aromatic amines is 1. The normalized spacial score (nSPS) is 10.3. The fourth-order valence-electron chi connectivity index (χ4n) is 1.31. The van der Waals surface area contributed by atoms with Crippen molar-refractivity contribution in [1.82, 2.24) is 9.97 Å². The van der Waals surface area contributed by atoms with E-state index in [9.17, 15) is 4.79 Å². The molecule has 0 amide bonds. The van der Waals surface area contributed by atoms with Crippen LogP contribution in [0.5, 0.6) is 0 Å². The molecule has 0 saturated carbocycles. The van der Waals surface area contributed by atoms with Crippen molar-refractivity contribution < 1.29 is 5.11 Å². The van der Waals surface area contributed by atoms with Crippen molar-refractivity contribution in [3.8, 4) is 0 Å². The van der Waals surface area contributed by atoms with E-state index in [0.29, 0.717) is 15.9 Å². The highest BCUT2D eigenvalue weighted by Crippen LogP contribution is 2.14. The van der Waals surface area contributed by atoms with Crippen LogP contribution in [0.3, 0.4) is 0 Å². The van der Waals surface area contributed by atoms with E-state index < -0.39 is 0 Å². The topological polar surface area (TPSA) is 69.2 Å². The second-order valence-corrected chi connectivity index (χ2v) is 4.16. The fourth-order valence-corrected chi connectivity index (χ4v) is 1.94. The average molecular weight is 323 g/mol. The largest absolute Gasteiger partial charge is 0.395 e. The molecule has 6 heteroatoms. The zero-order valence-corrected chi connectivity index (χ0v) is 10.7. The number of halogens is 1. The number of anilines is 1. The summed E-state index contributed by atoms with van der Waals surface area (Å²) in [4.78, 5) is 19.9. The highest BCUT2D eigenvalue weighted by atomic mass is 127. The molecule has 1 rings (SSSR count). The Morgan fingerprint density at radius 2 is 2.33 bits per heavy atom. The summed E-state index contributed by atoms with van der Waals surface area (Å²) in [6.45, 7) is 3.39. The first-order chi connectivity index (χ1) is 7.20. The summed E-state index contributed by atoms with van der Waals surface area (Å²) in [6.07, 6.45) is 2.34. The SMILES string of the molecule is CCCN(CCO)c1nc[nH]c(=O)c1I. The van der Waals surface area contributed by atoms with Crippen molar-refractivity contribution in [2.75, 3.05) is 24.6 Å². The molecule has 0 bridgehead atoms. The molecule has 0 atom stereocenters. The molecule has 0 aromatic carbocycles. The van der Waals surface area contributed by atoms with Crippen LogP contribution in [0.2, 0.25) is 0 Å². The lowest BCUT2D eigenvalue weighted by Crippen LogP contribution is -2.31. The first-order valence-corrected chi connectivity index (χ1v) is 5.87. The van der Waals surface area contributed by atoms with Gasteiger partial charge in [-0.05, 0) is 29.0 Å². The smallest absolute Gasteiger partial charge is 0.266 e. The molecule has 0 radical (unpaired) electrons. The van der Waals surface area contributed by atoms with Gasteiger partial charge in [0.15, 0.2) is 0 Å². The lowest BCUT2D eigenvalue weighted by Gasteiger charge is -2.22. The molecule has 0 aliphatic rings. The summed E-state index contributed by atoms with van der Waals surface area (Å²) in [5.74, 6) is 0.648. The summed E-state index contributed by atoms with van der Waals surface area (Å²) in [7, 11) is 0.